The van der Waals surface area contributed by atoms with E-state index in [1.807, 2.05) is 0 Å². The maximum Gasteiger partial charge on any atom is 0.0700 e. The number of rotatable bonds is 10. The van der Waals surface area contributed by atoms with Gasteiger partial charge in [0.1, 0.15) is 0 Å². The summed E-state index contributed by atoms with van der Waals surface area (Å²) in [6, 6.07) is 0. The zero-order chi connectivity index (χ0) is 10.6. The van der Waals surface area contributed by atoms with Crippen LogP contribution in [0.5, 0.6) is 0 Å². The fraction of sp³-hybridized carbons (Fsp3) is 1.00. The maximum absolute atomic E-state index is 5.45. The Morgan fingerprint density at radius 2 is 1.79 bits per heavy atom. The number of ether oxygens (including phenoxy) is 3. The van der Waals surface area contributed by atoms with Crippen molar-refractivity contribution in [3.8, 4) is 0 Å². The summed E-state index contributed by atoms with van der Waals surface area (Å²) in [6.07, 6.45) is 0.932. The molecule has 0 aliphatic rings. The van der Waals surface area contributed by atoms with Gasteiger partial charge in [-0.05, 0) is 18.9 Å². The first kappa shape index (κ1) is 13.8. The molecule has 14 heavy (non-hydrogen) atoms. The standard InChI is InChI=1S/C10H23NO3/c1-10(8-11)9-14-5-3-4-13-7-6-12-2/h10H,3-9,11H2,1-2H3. The van der Waals surface area contributed by atoms with Crippen LogP contribution in [-0.2, 0) is 14.2 Å². The summed E-state index contributed by atoms with van der Waals surface area (Å²) < 4.78 is 15.5. The van der Waals surface area contributed by atoms with Gasteiger partial charge in [0.25, 0.3) is 0 Å². The van der Waals surface area contributed by atoms with Gasteiger partial charge in [0, 0.05) is 20.3 Å². The van der Waals surface area contributed by atoms with Crippen LogP contribution in [0.3, 0.4) is 0 Å². The second-order valence-electron chi connectivity index (χ2n) is 3.37. The van der Waals surface area contributed by atoms with Crippen molar-refractivity contribution >= 4 is 0 Å². The maximum atomic E-state index is 5.45. The Balaban J connectivity index is 2.92. The van der Waals surface area contributed by atoms with Gasteiger partial charge in [-0.1, -0.05) is 6.92 Å². The molecular weight excluding hydrogens is 182 g/mol. The average molecular weight is 205 g/mol. The highest BCUT2D eigenvalue weighted by atomic mass is 16.5. The molecule has 0 bridgehead atoms. The molecule has 0 aliphatic heterocycles. The molecule has 0 rings (SSSR count). The first-order valence-electron chi connectivity index (χ1n) is 5.15. The van der Waals surface area contributed by atoms with Crippen molar-refractivity contribution < 1.29 is 14.2 Å². The summed E-state index contributed by atoms with van der Waals surface area (Å²) in [7, 11) is 1.67. The van der Waals surface area contributed by atoms with Crippen LogP contribution in [0.15, 0.2) is 0 Å². The lowest BCUT2D eigenvalue weighted by Crippen LogP contribution is -2.17. The Labute approximate surface area is 86.7 Å². The smallest absolute Gasteiger partial charge is 0.0700 e. The van der Waals surface area contributed by atoms with Crippen molar-refractivity contribution in [1.82, 2.24) is 0 Å². The lowest BCUT2D eigenvalue weighted by Gasteiger charge is -2.09. The monoisotopic (exact) mass is 205 g/mol. The van der Waals surface area contributed by atoms with Gasteiger partial charge in [-0.2, -0.15) is 0 Å². The Morgan fingerprint density at radius 1 is 1.07 bits per heavy atom. The highest BCUT2D eigenvalue weighted by Crippen LogP contribution is 1.93. The molecule has 0 fully saturated rings. The lowest BCUT2D eigenvalue weighted by molar-refractivity contribution is 0.0462. The van der Waals surface area contributed by atoms with E-state index in [-0.39, 0.29) is 0 Å². The highest BCUT2D eigenvalue weighted by molar-refractivity contribution is 4.49. The molecule has 0 aliphatic carbocycles. The minimum atomic E-state index is 0.449. The third kappa shape index (κ3) is 9.92. The molecule has 0 radical (unpaired) electrons. The molecule has 0 amide bonds. The molecule has 0 heterocycles. The highest BCUT2D eigenvalue weighted by Gasteiger charge is 1.97. The SMILES string of the molecule is COCCOCCCOCC(C)CN. The second kappa shape index (κ2) is 10.9. The van der Waals surface area contributed by atoms with Crippen LogP contribution in [0.2, 0.25) is 0 Å². The van der Waals surface area contributed by atoms with Gasteiger partial charge >= 0.3 is 0 Å². The van der Waals surface area contributed by atoms with E-state index in [0.29, 0.717) is 25.7 Å². The van der Waals surface area contributed by atoms with E-state index in [9.17, 15) is 0 Å². The van der Waals surface area contributed by atoms with Crippen molar-refractivity contribution in [1.29, 1.82) is 0 Å². The summed E-state index contributed by atoms with van der Waals surface area (Å²) in [5, 5.41) is 0. The molecule has 0 aromatic carbocycles. The van der Waals surface area contributed by atoms with Gasteiger partial charge in [-0.25, -0.2) is 0 Å². The first-order valence-corrected chi connectivity index (χ1v) is 5.15. The summed E-state index contributed by atoms with van der Waals surface area (Å²) in [5.74, 6) is 0.449. The van der Waals surface area contributed by atoms with Crippen molar-refractivity contribution in [2.45, 2.75) is 13.3 Å². The van der Waals surface area contributed by atoms with E-state index in [1.54, 1.807) is 7.11 Å². The van der Waals surface area contributed by atoms with Crippen LogP contribution in [0, 0.1) is 5.92 Å². The fourth-order valence-electron chi connectivity index (χ4n) is 0.860. The summed E-state index contributed by atoms with van der Waals surface area (Å²) in [5.41, 5.74) is 5.45. The van der Waals surface area contributed by atoms with E-state index in [0.717, 1.165) is 26.2 Å². The third-order valence-electron chi connectivity index (χ3n) is 1.81. The van der Waals surface area contributed by atoms with Crippen LogP contribution in [-0.4, -0.2) is 46.7 Å². The molecule has 0 aromatic rings. The lowest BCUT2D eigenvalue weighted by atomic mass is 10.2. The Morgan fingerprint density at radius 3 is 2.43 bits per heavy atom. The van der Waals surface area contributed by atoms with Gasteiger partial charge < -0.3 is 19.9 Å². The summed E-state index contributed by atoms with van der Waals surface area (Å²) >= 11 is 0. The van der Waals surface area contributed by atoms with Crippen LogP contribution < -0.4 is 5.73 Å². The quantitative estimate of drug-likeness (QED) is 0.532. The zero-order valence-corrected chi connectivity index (χ0v) is 9.33. The van der Waals surface area contributed by atoms with Crippen molar-refractivity contribution in [2.75, 3.05) is 46.7 Å². The van der Waals surface area contributed by atoms with Gasteiger partial charge in [0.15, 0.2) is 0 Å². The van der Waals surface area contributed by atoms with Crippen LogP contribution in [0.1, 0.15) is 13.3 Å². The number of methoxy groups -OCH3 is 1. The molecule has 4 nitrogen and oxygen atoms in total. The number of nitrogens with two attached hydrogens (primary N) is 1. The molecule has 1 atom stereocenters. The molecule has 0 aromatic heterocycles. The largest absolute Gasteiger partial charge is 0.382 e. The van der Waals surface area contributed by atoms with Crippen LogP contribution >= 0.6 is 0 Å². The van der Waals surface area contributed by atoms with Gasteiger partial charge in [-0.3, -0.25) is 0 Å². The third-order valence-corrected chi connectivity index (χ3v) is 1.81. The van der Waals surface area contributed by atoms with E-state index in [4.69, 9.17) is 19.9 Å². The zero-order valence-electron chi connectivity index (χ0n) is 9.33. The predicted octanol–water partition coefficient (Wildman–Crippen LogP) is 0.651. The predicted molar refractivity (Wildman–Crippen MR) is 56.3 cm³/mol. The Kier molecular flexibility index (Phi) is 10.8. The average Bonchev–Trinajstić information content (AvgIpc) is 2.21. The van der Waals surface area contributed by atoms with E-state index < -0.39 is 0 Å². The van der Waals surface area contributed by atoms with Crippen LogP contribution in [0.25, 0.3) is 0 Å². The van der Waals surface area contributed by atoms with Gasteiger partial charge in [0.05, 0.1) is 19.8 Å². The molecule has 0 saturated heterocycles. The van der Waals surface area contributed by atoms with Crippen LogP contribution in [0.4, 0.5) is 0 Å². The van der Waals surface area contributed by atoms with Crippen molar-refractivity contribution in [3.63, 3.8) is 0 Å². The fourth-order valence-corrected chi connectivity index (χ4v) is 0.860. The van der Waals surface area contributed by atoms with E-state index >= 15 is 0 Å². The topological polar surface area (TPSA) is 53.7 Å². The molecular formula is C10H23NO3. The van der Waals surface area contributed by atoms with E-state index in [1.165, 1.54) is 0 Å². The minimum Gasteiger partial charge on any atom is -0.382 e. The minimum absolute atomic E-state index is 0.449. The van der Waals surface area contributed by atoms with Crippen molar-refractivity contribution in [2.24, 2.45) is 11.7 Å². The molecule has 1 unspecified atom stereocenters. The van der Waals surface area contributed by atoms with Gasteiger partial charge in [0.2, 0.25) is 0 Å². The molecule has 4 heteroatoms. The normalized spacial score (nSPS) is 13.1. The molecule has 2 N–H and O–H groups in total. The Bertz CT molecular complexity index is 112. The first-order chi connectivity index (χ1) is 6.81. The van der Waals surface area contributed by atoms with Crippen molar-refractivity contribution in [3.05, 3.63) is 0 Å². The number of hydrogen-bond acceptors (Lipinski definition) is 4. The van der Waals surface area contributed by atoms with Gasteiger partial charge in [-0.15, -0.1) is 0 Å². The van der Waals surface area contributed by atoms with E-state index in [2.05, 4.69) is 6.92 Å². The molecule has 86 valence electrons. The number of hydrogen-bond donors (Lipinski definition) is 1. The summed E-state index contributed by atoms with van der Waals surface area (Å²) in [4.78, 5) is 0. The second-order valence-corrected chi connectivity index (χ2v) is 3.37. The summed E-state index contributed by atoms with van der Waals surface area (Å²) in [6.45, 7) is 6.31. The Hall–Kier alpha value is -0.160. The molecule has 0 saturated carbocycles. The molecule has 0 spiro atoms.